The van der Waals surface area contributed by atoms with Gasteiger partial charge in [0, 0.05) is 102 Å². The Labute approximate surface area is 420 Å². The van der Waals surface area contributed by atoms with Gasteiger partial charge in [-0.25, -0.2) is 8.78 Å². The summed E-state index contributed by atoms with van der Waals surface area (Å²) in [5, 5.41) is 1.50. The summed E-state index contributed by atoms with van der Waals surface area (Å²) in [5.41, 5.74) is 4.44. The minimum Gasteiger partial charge on any atom is -0.382 e. The van der Waals surface area contributed by atoms with E-state index in [1.54, 1.807) is 67.5 Å². The van der Waals surface area contributed by atoms with Crippen LogP contribution >= 0.6 is 45.3 Å². The van der Waals surface area contributed by atoms with E-state index in [1.165, 1.54) is 46.7 Å². The SMILES string of the molecule is CCCCCCCc1ccc(-c2ccc(-c3cc4c(cc3F)c3c(c5cc(F)c(-c6ccc(-c7ccc(CCOCCOCCOC)s7)s6)cc5n3CCOCCOC)n4CCOCCOC)s2)s1. The highest BCUT2D eigenvalue weighted by molar-refractivity contribution is 7.24. The quantitative estimate of drug-likeness (QED) is 0.0401. The molecule has 0 aliphatic heterocycles. The first kappa shape index (κ1) is 51.5. The number of halogens is 2. The minimum atomic E-state index is -0.319. The molecule has 0 amide bonds. The second-order valence-corrected chi connectivity index (χ2v) is 21.4. The topological polar surface area (TPSA) is 74.5 Å². The molecule has 0 fully saturated rings. The lowest BCUT2D eigenvalue weighted by Gasteiger charge is -2.12. The van der Waals surface area contributed by atoms with Crippen LogP contribution in [0.25, 0.3) is 73.2 Å². The standard InChI is InChI=1S/C54H64F2N2O7S4/c1-5-6-7-8-9-10-37-11-13-49(66-37)51-17-15-47(68-51)39-35-45-41(33-43(39)55)53-54(57(45)20-23-63-28-25-59-2)42-34-44(56)40(36-46(42)58(53)21-24-64-29-26-60-3)48-16-18-52(69-48)50-14-12-38(67-50)19-22-62-31-32-65-30-27-61-4/h11-18,33-36H,5-10,19-32H2,1-4H3. The van der Waals surface area contributed by atoms with Gasteiger partial charge in [-0.3, -0.25) is 0 Å². The van der Waals surface area contributed by atoms with Crippen LogP contribution in [0.15, 0.2) is 72.8 Å². The van der Waals surface area contributed by atoms with Crippen molar-refractivity contribution in [3.05, 3.63) is 94.2 Å². The Kier molecular flexibility index (Phi) is 19.4. The van der Waals surface area contributed by atoms with Crippen molar-refractivity contribution in [2.45, 2.75) is 65.0 Å². The number of thiophene rings is 4. The molecule has 0 bridgehead atoms. The summed E-state index contributed by atoms with van der Waals surface area (Å²) < 4.78 is 77.0. The van der Waals surface area contributed by atoms with Gasteiger partial charge in [-0.2, -0.15) is 0 Å². The summed E-state index contributed by atoms with van der Waals surface area (Å²) in [6, 6.07) is 24.2. The van der Waals surface area contributed by atoms with Gasteiger partial charge in [0.1, 0.15) is 11.6 Å². The van der Waals surface area contributed by atoms with Gasteiger partial charge in [0.2, 0.25) is 0 Å². The number of unbranched alkanes of at least 4 members (excludes halogenated alkanes) is 4. The number of ether oxygens (including phenoxy) is 7. The fraction of sp³-hybridized carbons (Fsp3) is 0.444. The normalized spacial score (nSPS) is 12.0. The van der Waals surface area contributed by atoms with Crippen molar-refractivity contribution >= 4 is 78.2 Å². The van der Waals surface area contributed by atoms with Crippen molar-refractivity contribution in [2.75, 3.05) is 94.0 Å². The van der Waals surface area contributed by atoms with Crippen LogP contribution in [-0.2, 0) is 59.1 Å². The predicted octanol–water partition coefficient (Wildman–Crippen LogP) is 14.0. The number of hydrogen-bond acceptors (Lipinski definition) is 11. The number of benzene rings is 2. The molecule has 15 heteroatoms. The fourth-order valence-electron chi connectivity index (χ4n) is 8.69. The van der Waals surface area contributed by atoms with Gasteiger partial charge in [0.15, 0.2) is 0 Å². The predicted molar refractivity (Wildman–Crippen MR) is 283 cm³/mol. The number of nitrogens with zero attached hydrogens (tertiary/aromatic N) is 2. The third kappa shape index (κ3) is 12.8. The maximum absolute atomic E-state index is 16.8. The highest BCUT2D eigenvalue weighted by Gasteiger charge is 2.25. The molecule has 0 N–H and O–H groups in total. The molecule has 0 saturated heterocycles. The van der Waals surface area contributed by atoms with Crippen LogP contribution in [0, 0.1) is 11.6 Å². The van der Waals surface area contributed by atoms with E-state index in [2.05, 4.69) is 52.5 Å². The maximum Gasteiger partial charge on any atom is 0.132 e. The molecule has 370 valence electrons. The van der Waals surface area contributed by atoms with Crippen molar-refractivity contribution < 1.29 is 41.9 Å². The van der Waals surface area contributed by atoms with Gasteiger partial charge in [0.25, 0.3) is 0 Å². The van der Waals surface area contributed by atoms with E-state index < -0.39 is 0 Å². The van der Waals surface area contributed by atoms with Crippen LogP contribution in [0.5, 0.6) is 0 Å². The van der Waals surface area contributed by atoms with Crippen molar-refractivity contribution in [1.82, 2.24) is 9.13 Å². The molecule has 6 aromatic heterocycles. The summed E-state index contributed by atoms with van der Waals surface area (Å²) in [5.74, 6) is -0.621. The molecule has 0 atom stereocenters. The van der Waals surface area contributed by atoms with Crippen LogP contribution in [0.3, 0.4) is 0 Å². The first-order valence-corrected chi connectivity index (χ1v) is 27.3. The van der Waals surface area contributed by atoms with Crippen LogP contribution in [0.4, 0.5) is 8.78 Å². The molecule has 8 aromatic rings. The van der Waals surface area contributed by atoms with Crippen molar-refractivity contribution in [3.63, 3.8) is 0 Å². The van der Waals surface area contributed by atoms with Crippen LogP contribution in [0.1, 0.15) is 48.8 Å². The number of fused-ring (bicyclic) bond motifs is 5. The lowest BCUT2D eigenvalue weighted by Crippen LogP contribution is -2.09. The summed E-state index contributed by atoms with van der Waals surface area (Å²) in [4.78, 5) is 8.85. The highest BCUT2D eigenvalue weighted by atomic mass is 32.1. The van der Waals surface area contributed by atoms with Gasteiger partial charge in [0.05, 0.1) is 94.7 Å². The Morgan fingerprint density at radius 1 is 0.420 bits per heavy atom. The first-order valence-electron chi connectivity index (χ1n) is 24.1. The zero-order valence-electron chi connectivity index (χ0n) is 40.2. The molecule has 0 radical (unpaired) electrons. The fourth-order valence-corrected chi connectivity index (χ4v) is 13.0. The van der Waals surface area contributed by atoms with E-state index in [0.717, 1.165) is 70.1 Å². The molecule has 0 unspecified atom stereocenters. The lowest BCUT2D eigenvalue weighted by molar-refractivity contribution is 0.0257. The Hall–Kier alpha value is -3.84. The molecule has 9 nitrogen and oxygen atoms in total. The van der Waals surface area contributed by atoms with Gasteiger partial charge in [-0.05, 0) is 85.6 Å². The number of rotatable bonds is 31. The molecular weight excluding hydrogens is 955 g/mol. The lowest BCUT2D eigenvalue weighted by atomic mass is 10.1. The van der Waals surface area contributed by atoms with Crippen molar-refractivity contribution in [1.29, 1.82) is 0 Å². The van der Waals surface area contributed by atoms with Gasteiger partial charge < -0.3 is 42.3 Å². The summed E-state index contributed by atoms with van der Waals surface area (Å²) in [6.45, 7) is 8.60. The molecule has 8 rings (SSSR count). The number of methoxy groups -OCH3 is 3. The van der Waals surface area contributed by atoms with E-state index in [1.807, 2.05) is 35.6 Å². The van der Waals surface area contributed by atoms with Gasteiger partial charge >= 0.3 is 0 Å². The third-order valence-corrected chi connectivity index (χ3v) is 17.1. The largest absolute Gasteiger partial charge is 0.382 e. The highest BCUT2D eigenvalue weighted by Crippen LogP contribution is 2.45. The average molecular weight is 1020 g/mol. The Morgan fingerprint density at radius 2 is 0.826 bits per heavy atom. The number of aromatic nitrogens is 2. The van der Waals surface area contributed by atoms with Crippen molar-refractivity contribution in [3.8, 4) is 40.4 Å². The van der Waals surface area contributed by atoms with E-state index >= 15 is 8.78 Å². The van der Waals surface area contributed by atoms with Crippen molar-refractivity contribution in [2.24, 2.45) is 0 Å². The van der Waals surface area contributed by atoms with Crippen LogP contribution in [0.2, 0.25) is 0 Å². The van der Waals surface area contributed by atoms with E-state index in [9.17, 15) is 0 Å². The van der Waals surface area contributed by atoms with E-state index in [-0.39, 0.29) is 11.6 Å². The average Bonchev–Trinajstić information content (AvgIpc) is 4.23. The van der Waals surface area contributed by atoms with Gasteiger partial charge in [-0.1, -0.05) is 32.6 Å². The van der Waals surface area contributed by atoms with E-state index in [4.69, 9.17) is 33.2 Å². The third-order valence-electron chi connectivity index (χ3n) is 12.2. The molecule has 0 spiro atoms. The monoisotopic (exact) mass is 1020 g/mol. The van der Waals surface area contributed by atoms with E-state index in [0.29, 0.717) is 96.9 Å². The smallest absolute Gasteiger partial charge is 0.132 e. The molecule has 6 heterocycles. The Bertz CT molecular complexity index is 2850. The second kappa shape index (κ2) is 26.0. The molecular formula is C54H64F2N2O7S4. The zero-order valence-corrected chi connectivity index (χ0v) is 43.5. The molecule has 0 aliphatic carbocycles. The van der Waals surface area contributed by atoms with Gasteiger partial charge in [-0.15, -0.1) is 45.3 Å². The summed E-state index contributed by atoms with van der Waals surface area (Å²) in [6.07, 6.45) is 8.19. The molecule has 69 heavy (non-hydrogen) atoms. The van der Waals surface area contributed by atoms with Crippen LogP contribution < -0.4 is 0 Å². The number of hydrogen-bond donors (Lipinski definition) is 0. The Morgan fingerprint density at radius 3 is 1.32 bits per heavy atom. The Balaban J connectivity index is 1.12. The molecule has 2 aromatic carbocycles. The number of aryl methyl sites for hydroxylation is 1. The zero-order chi connectivity index (χ0) is 48.0. The first-order chi connectivity index (χ1) is 33.9. The second-order valence-electron chi connectivity index (χ2n) is 16.9. The molecule has 0 saturated carbocycles. The van der Waals surface area contributed by atoms with Crippen LogP contribution in [-0.4, -0.2) is 103 Å². The summed E-state index contributed by atoms with van der Waals surface area (Å²) in [7, 11) is 4.96. The summed E-state index contributed by atoms with van der Waals surface area (Å²) >= 11 is 6.76. The maximum atomic E-state index is 16.8. The molecule has 0 aliphatic rings. The minimum absolute atomic E-state index is 0.302.